The maximum absolute atomic E-state index is 5.05. The normalized spacial score (nSPS) is 15.6. The van der Waals surface area contributed by atoms with Gasteiger partial charge in [-0.2, -0.15) is 0 Å². The van der Waals surface area contributed by atoms with E-state index in [4.69, 9.17) is 15.0 Å². The molecule has 4 aromatic carbocycles. The number of rotatable bonds is 3. The fourth-order valence-corrected chi connectivity index (χ4v) is 8.04. The number of nitrogens with zero attached hydrogens (tertiary/aromatic N) is 3. The molecule has 0 saturated carbocycles. The molecule has 0 bridgehead atoms. The van der Waals surface area contributed by atoms with Gasteiger partial charge >= 0.3 is 0 Å². The Labute approximate surface area is 237 Å². The van der Waals surface area contributed by atoms with Crippen LogP contribution in [0.5, 0.6) is 0 Å². The zero-order chi connectivity index (χ0) is 26.8. The lowest BCUT2D eigenvalue weighted by Gasteiger charge is -2.26. The molecule has 0 unspecified atom stereocenters. The lowest BCUT2D eigenvalue weighted by Crippen LogP contribution is -2.17. The summed E-state index contributed by atoms with van der Waals surface area (Å²) in [7, 11) is 0. The minimum Gasteiger partial charge on any atom is -0.208 e. The maximum atomic E-state index is 5.05. The molecular weight excluding hydrogens is 506 g/mol. The fraction of sp³-hybridized carbons (Fsp3) is 0.139. The minimum absolute atomic E-state index is 0.0180. The summed E-state index contributed by atoms with van der Waals surface area (Å²) in [6.45, 7) is 4.81. The van der Waals surface area contributed by atoms with Crippen molar-refractivity contribution in [1.29, 1.82) is 0 Å². The molecule has 2 heterocycles. The zero-order valence-corrected chi connectivity index (χ0v) is 23.3. The van der Waals surface area contributed by atoms with Crippen LogP contribution in [0.1, 0.15) is 37.8 Å². The molecule has 0 radical (unpaired) electrons. The van der Waals surface area contributed by atoms with E-state index in [2.05, 4.69) is 80.6 Å². The predicted octanol–water partition coefficient (Wildman–Crippen LogP) is 9.64. The van der Waals surface area contributed by atoms with Gasteiger partial charge in [0.25, 0.3) is 0 Å². The third-order valence-electron chi connectivity index (χ3n) is 8.45. The number of aromatic nitrogens is 3. The Kier molecular flexibility index (Phi) is 5.17. The molecule has 0 atom stereocenters. The van der Waals surface area contributed by atoms with Crippen LogP contribution in [0.25, 0.3) is 59.9 Å². The molecule has 0 N–H and O–H groups in total. The predicted molar refractivity (Wildman–Crippen MR) is 167 cm³/mol. The van der Waals surface area contributed by atoms with E-state index < -0.39 is 0 Å². The van der Waals surface area contributed by atoms with Crippen molar-refractivity contribution < 1.29 is 0 Å². The smallest absolute Gasteiger partial charge is 0.165 e. The number of thiophene rings is 1. The third-order valence-corrected chi connectivity index (χ3v) is 9.72. The molecule has 192 valence electrons. The van der Waals surface area contributed by atoms with Gasteiger partial charge in [0.1, 0.15) is 0 Å². The molecule has 0 amide bonds. The van der Waals surface area contributed by atoms with Gasteiger partial charge in [-0.15, -0.1) is 11.3 Å². The zero-order valence-electron chi connectivity index (χ0n) is 22.5. The third kappa shape index (κ3) is 3.46. The first-order valence-corrected chi connectivity index (χ1v) is 14.7. The van der Waals surface area contributed by atoms with E-state index in [0.29, 0.717) is 17.5 Å². The van der Waals surface area contributed by atoms with Gasteiger partial charge in [-0.1, -0.05) is 117 Å². The van der Waals surface area contributed by atoms with E-state index in [1.54, 1.807) is 5.57 Å². The average molecular weight is 534 g/mol. The van der Waals surface area contributed by atoms with E-state index in [0.717, 1.165) is 29.5 Å². The summed E-state index contributed by atoms with van der Waals surface area (Å²) in [5.41, 5.74) is 8.92. The second-order valence-corrected chi connectivity index (χ2v) is 12.2. The summed E-state index contributed by atoms with van der Waals surface area (Å²) in [5.74, 6) is 2.09. The van der Waals surface area contributed by atoms with Crippen LogP contribution in [0.2, 0.25) is 0 Å². The van der Waals surface area contributed by atoms with Crippen LogP contribution in [-0.4, -0.2) is 15.0 Å². The van der Waals surface area contributed by atoms with Crippen LogP contribution in [0.4, 0.5) is 0 Å². The number of hydrogen-bond donors (Lipinski definition) is 0. The summed E-state index contributed by atoms with van der Waals surface area (Å²) in [6.07, 6.45) is 6.94. The second kappa shape index (κ2) is 8.80. The van der Waals surface area contributed by atoms with Crippen molar-refractivity contribution in [2.24, 2.45) is 0 Å². The van der Waals surface area contributed by atoms with Crippen LogP contribution in [-0.2, 0) is 5.41 Å². The number of fused-ring (bicyclic) bond motifs is 6. The summed E-state index contributed by atoms with van der Waals surface area (Å²) < 4.78 is 2.61. The van der Waals surface area contributed by atoms with Crippen LogP contribution >= 0.6 is 11.3 Å². The Morgan fingerprint density at radius 3 is 1.98 bits per heavy atom. The van der Waals surface area contributed by atoms with Gasteiger partial charge in [0, 0.05) is 42.3 Å². The van der Waals surface area contributed by atoms with Gasteiger partial charge in [-0.3, -0.25) is 0 Å². The molecule has 3 nitrogen and oxygen atoms in total. The highest BCUT2D eigenvalue weighted by atomic mass is 32.1. The molecule has 0 saturated heterocycles. The van der Waals surface area contributed by atoms with Crippen molar-refractivity contribution in [2.45, 2.75) is 32.1 Å². The van der Waals surface area contributed by atoms with Gasteiger partial charge in [0.15, 0.2) is 17.5 Å². The Hall–Kier alpha value is -4.41. The first kappa shape index (κ1) is 23.5. The molecule has 0 spiro atoms. The summed E-state index contributed by atoms with van der Waals surface area (Å²) in [4.78, 5) is 15.0. The SMILES string of the molecule is CC1(C)C2=C(C=CCC2)c2ccc3c(sc4c(-c5nc(-c6ccccc6)nc(-c6ccccc6)n5)cccc43)c21. The Morgan fingerprint density at radius 2 is 1.27 bits per heavy atom. The topological polar surface area (TPSA) is 38.7 Å². The van der Waals surface area contributed by atoms with Gasteiger partial charge in [0.2, 0.25) is 0 Å². The lowest BCUT2D eigenvalue weighted by molar-refractivity contribution is 0.613. The minimum atomic E-state index is 0.0180. The van der Waals surface area contributed by atoms with Gasteiger partial charge < -0.3 is 0 Å². The molecule has 40 heavy (non-hydrogen) atoms. The number of benzene rings is 4. The molecule has 2 aliphatic carbocycles. The van der Waals surface area contributed by atoms with E-state index in [9.17, 15) is 0 Å². The monoisotopic (exact) mass is 533 g/mol. The first-order valence-electron chi connectivity index (χ1n) is 13.9. The number of allylic oxidation sites excluding steroid dienone is 4. The average Bonchev–Trinajstić information content (AvgIpc) is 3.50. The molecule has 6 aromatic rings. The fourth-order valence-electron chi connectivity index (χ4n) is 6.53. The van der Waals surface area contributed by atoms with E-state index in [1.807, 2.05) is 47.7 Å². The molecular formula is C36H27N3S. The second-order valence-electron chi connectivity index (χ2n) is 11.1. The van der Waals surface area contributed by atoms with Crippen molar-refractivity contribution in [3.8, 4) is 34.2 Å². The van der Waals surface area contributed by atoms with Crippen LogP contribution in [0.3, 0.4) is 0 Å². The summed E-state index contributed by atoms with van der Waals surface area (Å²) in [5, 5.41) is 2.58. The molecule has 0 fully saturated rings. The van der Waals surface area contributed by atoms with Crippen LogP contribution in [0, 0.1) is 0 Å². The first-order chi connectivity index (χ1) is 19.6. The molecule has 4 heteroatoms. The van der Waals surface area contributed by atoms with E-state index in [1.165, 1.54) is 36.9 Å². The van der Waals surface area contributed by atoms with Gasteiger partial charge in [-0.05, 0) is 35.6 Å². The van der Waals surface area contributed by atoms with Crippen molar-refractivity contribution >= 4 is 37.1 Å². The van der Waals surface area contributed by atoms with Crippen molar-refractivity contribution in [1.82, 2.24) is 15.0 Å². The molecule has 0 aliphatic heterocycles. The highest BCUT2D eigenvalue weighted by Gasteiger charge is 2.39. The Morgan fingerprint density at radius 1 is 0.625 bits per heavy atom. The standard InChI is InChI=1S/C36H27N3S/c1-36(2)29-19-10-9-16-24(29)25-20-21-27-26-17-11-18-28(31(26)40-32(27)30(25)36)35-38-33(22-12-5-3-6-13-22)37-34(39-35)23-14-7-4-8-15-23/h3-9,11-18,20-21H,10,19H2,1-2H3. The number of hydrogen-bond acceptors (Lipinski definition) is 4. The van der Waals surface area contributed by atoms with Crippen LogP contribution < -0.4 is 0 Å². The van der Waals surface area contributed by atoms with E-state index >= 15 is 0 Å². The summed E-state index contributed by atoms with van der Waals surface area (Å²) in [6, 6.07) is 31.6. The van der Waals surface area contributed by atoms with Gasteiger partial charge in [0.05, 0.1) is 0 Å². The van der Waals surface area contributed by atoms with Crippen molar-refractivity contribution in [2.75, 3.05) is 0 Å². The highest BCUT2D eigenvalue weighted by molar-refractivity contribution is 7.26. The van der Waals surface area contributed by atoms with Crippen LogP contribution in [0.15, 0.2) is 109 Å². The maximum Gasteiger partial charge on any atom is 0.165 e. The Bertz CT molecular complexity index is 1960. The van der Waals surface area contributed by atoms with Crippen molar-refractivity contribution in [3.05, 3.63) is 120 Å². The summed E-state index contributed by atoms with van der Waals surface area (Å²) >= 11 is 1.89. The van der Waals surface area contributed by atoms with Crippen molar-refractivity contribution in [3.63, 3.8) is 0 Å². The molecule has 2 aliphatic rings. The van der Waals surface area contributed by atoms with E-state index in [-0.39, 0.29) is 5.41 Å². The molecule has 8 rings (SSSR count). The lowest BCUT2D eigenvalue weighted by atomic mass is 9.78. The largest absolute Gasteiger partial charge is 0.208 e. The Balaban J connectivity index is 1.38. The highest BCUT2D eigenvalue weighted by Crippen LogP contribution is 2.55. The molecule has 2 aromatic heterocycles. The quantitative estimate of drug-likeness (QED) is 0.227. The van der Waals surface area contributed by atoms with Gasteiger partial charge in [-0.25, -0.2) is 15.0 Å².